The first-order chi connectivity index (χ1) is 7.24. The third-order valence-electron chi connectivity index (χ3n) is 2.40. The predicted octanol–water partition coefficient (Wildman–Crippen LogP) is 1.87. The van der Waals surface area contributed by atoms with Crippen molar-refractivity contribution in [2.24, 2.45) is 0 Å². The summed E-state index contributed by atoms with van der Waals surface area (Å²) in [5.41, 5.74) is 6.30. The van der Waals surface area contributed by atoms with Crippen LogP contribution in [0.15, 0.2) is 19.0 Å². The van der Waals surface area contributed by atoms with Gasteiger partial charge in [-0.1, -0.05) is 17.7 Å². The van der Waals surface area contributed by atoms with Crippen LogP contribution in [0.5, 0.6) is 0 Å². The normalized spacial score (nSPS) is 15.0. The van der Waals surface area contributed by atoms with E-state index >= 15 is 0 Å². The molecule has 1 aromatic heterocycles. The molecule has 4 nitrogen and oxygen atoms in total. The Hall–Kier alpha value is -1.29. The van der Waals surface area contributed by atoms with Gasteiger partial charge in [0.05, 0.1) is 0 Å². The van der Waals surface area contributed by atoms with Crippen LogP contribution in [0.2, 0.25) is 5.15 Å². The van der Waals surface area contributed by atoms with E-state index in [4.69, 9.17) is 17.3 Å². The van der Waals surface area contributed by atoms with Gasteiger partial charge >= 0.3 is 0 Å². The molecule has 2 rings (SSSR count). The average molecular weight is 225 g/mol. The minimum atomic E-state index is 0.315. The minimum absolute atomic E-state index is 0.315. The average Bonchev–Trinajstić information content (AvgIpc) is 3.03. The molecule has 2 N–H and O–H groups in total. The van der Waals surface area contributed by atoms with Crippen molar-refractivity contribution in [3.8, 4) is 0 Å². The Morgan fingerprint density at radius 1 is 1.60 bits per heavy atom. The number of hydrogen-bond donors (Lipinski definition) is 1. The minimum Gasteiger partial charge on any atom is -0.393 e. The molecule has 80 valence electrons. The number of anilines is 2. The first-order valence-electron chi connectivity index (χ1n) is 4.87. The van der Waals surface area contributed by atoms with E-state index in [1.165, 1.54) is 19.2 Å². The Balaban J connectivity index is 2.32. The van der Waals surface area contributed by atoms with E-state index in [1.807, 2.05) is 6.08 Å². The van der Waals surface area contributed by atoms with Crippen LogP contribution in [0.1, 0.15) is 12.8 Å². The van der Waals surface area contributed by atoms with Crippen molar-refractivity contribution >= 4 is 23.1 Å². The smallest absolute Gasteiger partial charge is 0.157 e. The second kappa shape index (κ2) is 4.06. The fourth-order valence-electron chi connectivity index (χ4n) is 1.53. The fraction of sp³-hybridized carbons (Fsp3) is 0.400. The van der Waals surface area contributed by atoms with E-state index < -0.39 is 0 Å². The van der Waals surface area contributed by atoms with Crippen molar-refractivity contribution < 1.29 is 0 Å². The molecule has 1 aromatic rings. The van der Waals surface area contributed by atoms with Crippen LogP contribution in [-0.2, 0) is 0 Å². The Morgan fingerprint density at radius 2 is 2.33 bits per heavy atom. The third-order valence-corrected chi connectivity index (χ3v) is 2.70. The van der Waals surface area contributed by atoms with Gasteiger partial charge in [-0.15, -0.1) is 6.58 Å². The number of rotatable bonds is 4. The molecule has 0 atom stereocenters. The Bertz CT molecular complexity index is 376. The summed E-state index contributed by atoms with van der Waals surface area (Å²) in [5.74, 6) is 0.720. The predicted molar refractivity (Wildman–Crippen MR) is 62.0 cm³/mol. The summed E-state index contributed by atoms with van der Waals surface area (Å²) in [5, 5.41) is 0.315. The summed E-state index contributed by atoms with van der Waals surface area (Å²) in [4.78, 5) is 10.1. The third kappa shape index (κ3) is 2.04. The number of halogens is 1. The molecular formula is C10H13ClN4. The molecular weight excluding hydrogens is 212 g/mol. The first kappa shape index (κ1) is 10.2. The lowest BCUT2D eigenvalue weighted by Crippen LogP contribution is -2.27. The summed E-state index contributed by atoms with van der Waals surface area (Å²) < 4.78 is 0. The van der Waals surface area contributed by atoms with Crippen molar-refractivity contribution in [1.29, 1.82) is 0 Å². The second-order valence-electron chi connectivity index (χ2n) is 3.57. The number of nitrogens with two attached hydrogens (primary N) is 1. The Kier molecular flexibility index (Phi) is 2.77. The van der Waals surface area contributed by atoms with Crippen LogP contribution >= 0.6 is 11.6 Å². The highest BCUT2D eigenvalue weighted by Gasteiger charge is 2.30. The van der Waals surface area contributed by atoms with Crippen molar-refractivity contribution in [2.75, 3.05) is 17.2 Å². The second-order valence-corrected chi connectivity index (χ2v) is 3.93. The van der Waals surface area contributed by atoms with E-state index in [9.17, 15) is 0 Å². The van der Waals surface area contributed by atoms with Gasteiger partial charge in [0.15, 0.2) is 11.0 Å². The largest absolute Gasteiger partial charge is 0.393 e. The molecule has 0 aliphatic heterocycles. The molecule has 1 heterocycles. The summed E-state index contributed by atoms with van der Waals surface area (Å²) >= 11 is 5.85. The van der Waals surface area contributed by atoms with Gasteiger partial charge in [-0.2, -0.15) is 0 Å². The van der Waals surface area contributed by atoms with Gasteiger partial charge in [-0.3, -0.25) is 0 Å². The van der Waals surface area contributed by atoms with Crippen molar-refractivity contribution in [3.63, 3.8) is 0 Å². The molecule has 0 bridgehead atoms. The maximum Gasteiger partial charge on any atom is 0.157 e. The van der Waals surface area contributed by atoms with Crippen LogP contribution in [0.25, 0.3) is 0 Å². The zero-order valence-corrected chi connectivity index (χ0v) is 9.11. The first-order valence-corrected chi connectivity index (χ1v) is 5.25. The van der Waals surface area contributed by atoms with E-state index in [0.717, 1.165) is 12.4 Å². The van der Waals surface area contributed by atoms with E-state index in [2.05, 4.69) is 21.4 Å². The lowest BCUT2D eigenvalue weighted by molar-refractivity contribution is 0.839. The van der Waals surface area contributed by atoms with Crippen LogP contribution in [0.4, 0.5) is 11.5 Å². The van der Waals surface area contributed by atoms with Gasteiger partial charge in [0.25, 0.3) is 0 Å². The highest BCUT2D eigenvalue weighted by Crippen LogP contribution is 2.34. The molecule has 1 fully saturated rings. The fourth-order valence-corrected chi connectivity index (χ4v) is 1.66. The maximum atomic E-state index is 5.85. The number of aromatic nitrogens is 2. The molecule has 15 heavy (non-hydrogen) atoms. The number of hydrogen-bond acceptors (Lipinski definition) is 4. The monoisotopic (exact) mass is 224 g/mol. The topological polar surface area (TPSA) is 55.0 Å². The van der Waals surface area contributed by atoms with E-state index in [1.54, 1.807) is 0 Å². The van der Waals surface area contributed by atoms with Gasteiger partial charge in [0.2, 0.25) is 0 Å². The summed E-state index contributed by atoms with van der Waals surface area (Å²) in [6.07, 6.45) is 5.63. The number of nitrogen functional groups attached to an aromatic ring is 1. The SMILES string of the molecule is C=CCN(c1ncnc(Cl)c1N)C1CC1. The molecule has 1 aliphatic rings. The Morgan fingerprint density at radius 3 is 2.93 bits per heavy atom. The summed E-state index contributed by atoms with van der Waals surface area (Å²) in [6.45, 7) is 4.47. The standard InChI is InChI=1S/C10H13ClN4/c1-2-5-15(7-3-4-7)10-8(12)9(11)13-6-14-10/h2,6-7H,1,3-5,12H2. The zero-order valence-electron chi connectivity index (χ0n) is 8.36. The quantitative estimate of drug-likeness (QED) is 0.627. The van der Waals surface area contributed by atoms with Crippen LogP contribution < -0.4 is 10.6 Å². The van der Waals surface area contributed by atoms with Crippen LogP contribution in [0, 0.1) is 0 Å². The van der Waals surface area contributed by atoms with E-state index in [0.29, 0.717) is 16.9 Å². The van der Waals surface area contributed by atoms with Crippen LogP contribution in [0.3, 0.4) is 0 Å². The molecule has 0 radical (unpaired) electrons. The van der Waals surface area contributed by atoms with Crippen molar-refractivity contribution in [3.05, 3.63) is 24.1 Å². The molecule has 5 heteroatoms. The lowest BCUT2D eigenvalue weighted by atomic mass is 10.4. The molecule has 0 aromatic carbocycles. The van der Waals surface area contributed by atoms with Gasteiger partial charge in [-0.25, -0.2) is 9.97 Å². The highest BCUT2D eigenvalue weighted by molar-refractivity contribution is 6.32. The molecule has 0 spiro atoms. The van der Waals surface area contributed by atoms with Crippen molar-refractivity contribution in [2.45, 2.75) is 18.9 Å². The van der Waals surface area contributed by atoms with Gasteiger partial charge in [0, 0.05) is 12.6 Å². The molecule has 0 amide bonds. The highest BCUT2D eigenvalue weighted by atomic mass is 35.5. The number of nitrogens with zero attached hydrogens (tertiary/aromatic N) is 3. The van der Waals surface area contributed by atoms with Gasteiger partial charge in [0.1, 0.15) is 12.0 Å². The van der Waals surface area contributed by atoms with Crippen molar-refractivity contribution in [1.82, 2.24) is 9.97 Å². The summed E-state index contributed by atoms with van der Waals surface area (Å²) in [7, 11) is 0. The summed E-state index contributed by atoms with van der Waals surface area (Å²) in [6, 6.07) is 0.524. The Labute approximate surface area is 93.8 Å². The zero-order chi connectivity index (χ0) is 10.8. The molecule has 0 saturated heterocycles. The molecule has 1 saturated carbocycles. The van der Waals surface area contributed by atoms with Crippen LogP contribution in [-0.4, -0.2) is 22.6 Å². The molecule has 1 aliphatic carbocycles. The lowest BCUT2D eigenvalue weighted by Gasteiger charge is -2.22. The maximum absolute atomic E-state index is 5.85. The van der Waals surface area contributed by atoms with Gasteiger partial charge < -0.3 is 10.6 Å². The van der Waals surface area contributed by atoms with E-state index in [-0.39, 0.29) is 0 Å². The molecule has 0 unspecified atom stereocenters. The van der Waals surface area contributed by atoms with Gasteiger partial charge in [-0.05, 0) is 12.8 Å².